The van der Waals surface area contributed by atoms with E-state index in [9.17, 15) is 9.18 Å². The molecule has 0 saturated carbocycles. The van der Waals surface area contributed by atoms with Crippen LogP contribution in [0.1, 0.15) is 12.5 Å². The zero-order valence-corrected chi connectivity index (χ0v) is 10.2. The molecule has 98 valence electrons. The van der Waals surface area contributed by atoms with Gasteiger partial charge in [0, 0.05) is 18.5 Å². The van der Waals surface area contributed by atoms with Gasteiger partial charge in [-0.05, 0) is 25.1 Å². The Morgan fingerprint density at radius 3 is 3.22 bits per heavy atom. The van der Waals surface area contributed by atoms with Gasteiger partial charge in [0.25, 0.3) is 0 Å². The third kappa shape index (κ3) is 3.20. The van der Waals surface area contributed by atoms with Crippen molar-refractivity contribution in [1.29, 1.82) is 0 Å². The molecule has 0 bridgehead atoms. The molecule has 1 aromatic carbocycles. The van der Waals surface area contributed by atoms with Crippen LogP contribution in [0, 0.1) is 5.82 Å². The summed E-state index contributed by atoms with van der Waals surface area (Å²) >= 11 is 0. The van der Waals surface area contributed by atoms with E-state index in [2.05, 4.69) is 5.32 Å². The third-order valence-corrected chi connectivity index (χ3v) is 2.71. The molecule has 1 N–H and O–H groups in total. The summed E-state index contributed by atoms with van der Waals surface area (Å²) in [6.07, 6.45) is 0.597. The first kappa shape index (κ1) is 12.8. The Balaban J connectivity index is 1.76. The molecule has 1 aliphatic heterocycles. The highest BCUT2D eigenvalue weighted by molar-refractivity contribution is 5.71. The van der Waals surface area contributed by atoms with Gasteiger partial charge in [-0.2, -0.15) is 0 Å². The molecule has 1 heterocycles. The maximum Gasteiger partial charge on any atom is 0.319 e. The number of nitrogens with one attached hydrogen (secondary N) is 1. The van der Waals surface area contributed by atoms with Gasteiger partial charge in [-0.1, -0.05) is 0 Å². The second-order valence-electron chi connectivity index (χ2n) is 4.13. The number of halogens is 1. The first-order valence-corrected chi connectivity index (χ1v) is 6.00. The number of esters is 1. The van der Waals surface area contributed by atoms with Gasteiger partial charge in [0.05, 0.1) is 13.2 Å². The highest BCUT2D eigenvalue weighted by Gasteiger charge is 2.22. The first-order valence-electron chi connectivity index (χ1n) is 6.00. The molecular weight excluding hydrogens is 237 g/mol. The number of hydrogen-bond donors (Lipinski definition) is 1. The van der Waals surface area contributed by atoms with Crippen LogP contribution in [0.4, 0.5) is 4.39 Å². The number of carbonyl (C=O) groups excluding carboxylic acids is 1. The summed E-state index contributed by atoms with van der Waals surface area (Å²) in [6.45, 7) is 2.85. The molecule has 0 aromatic heterocycles. The van der Waals surface area contributed by atoms with E-state index in [4.69, 9.17) is 9.47 Å². The molecule has 5 heteroatoms. The van der Waals surface area contributed by atoms with Crippen LogP contribution in [0.25, 0.3) is 0 Å². The largest absolute Gasteiger partial charge is 0.488 e. The molecule has 0 aliphatic carbocycles. The molecule has 1 aliphatic rings. The number of fused-ring (bicyclic) bond motifs is 1. The number of carbonyl (C=O) groups is 1. The predicted octanol–water partition coefficient (Wildman–Crippen LogP) is 1.28. The Kier molecular flexibility index (Phi) is 4.15. The second-order valence-corrected chi connectivity index (χ2v) is 4.13. The fourth-order valence-corrected chi connectivity index (χ4v) is 1.95. The van der Waals surface area contributed by atoms with Crippen molar-refractivity contribution in [1.82, 2.24) is 5.32 Å². The van der Waals surface area contributed by atoms with Gasteiger partial charge < -0.3 is 14.8 Å². The highest BCUT2D eigenvalue weighted by Crippen LogP contribution is 2.28. The lowest BCUT2D eigenvalue weighted by Gasteiger charge is -2.11. The molecule has 2 rings (SSSR count). The summed E-state index contributed by atoms with van der Waals surface area (Å²) in [7, 11) is 0. The SMILES string of the molecule is CCOC(=O)CNCC1Cc2cc(F)ccc2O1. The second kappa shape index (κ2) is 5.82. The van der Waals surface area contributed by atoms with Crippen molar-refractivity contribution >= 4 is 5.97 Å². The molecule has 1 unspecified atom stereocenters. The zero-order chi connectivity index (χ0) is 13.0. The van der Waals surface area contributed by atoms with Crippen molar-refractivity contribution in [2.75, 3.05) is 19.7 Å². The summed E-state index contributed by atoms with van der Waals surface area (Å²) in [6, 6.07) is 4.50. The average Bonchev–Trinajstić information content (AvgIpc) is 2.71. The van der Waals surface area contributed by atoms with Crippen molar-refractivity contribution in [3.63, 3.8) is 0 Å². The van der Waals surface area contributed by atoms with Crippen LogP contribution in [0.15, 0.2) is 18.2 Å². The first-order chi connectivity index (χ1) is 8.69. The molecule has 1 aromatic rings. The highest BCUT2D eigenvalue weighted by atomic mass is 19.1. The lowest BCUT2D eigenvalue weighted by atomic mass is 10.1. The molecule has 4 nitrogen and oxygen atoms in total. The Labute approximate surface area is 105 Å². The van der Waals surface area contributed by atoms with Crippen LogP contribution in [0.3, 0.4) is 0 Å². The molecule has 0 amide bonds. The minimum Gasteiger partial charge on any atom is -0.488 e. The Morgan fingerprint density at radius 1 is 1.61 bits per heavy atom. The van der Waals surface area contributed by atoms with Crippen LogP contribution in [0.5, 0.6) is 5.75 Å². The van der Waals surface area contributed by atoms with Gasteiger partial charge in [0.15, 0.2) is 0 Å². The topological polar surface area (TPSA) is 47.6 Å². The van der Waals surface area contributed by atoms with E-state index in [-0.39, 0.29) is 24.4 Å². The zero-order valence-electron chi connectivity index (χ0n) is 10.2. The molecule has 0 spiro atoms. The summed E-state index contributed by atoms with van der Waals surface area (Å²) in [5.74, 6) is 0.191. The normalized spacial score (nSPS) is 17.1. The van der Waals surface area contributed by atoms with E-state index in [1.54, 1.807) is 13.0 Å². The van der Waals surface area contributed by atoms with Crippen LogP contribution in [-0.2, 0) is 16.0 Å². The Bertz CT molecular complexity index is 436. The fourth-order valence-electron chi connectivity index (χ4n) is 1.95. The third-order valence-electron chi connectivity index (χ3n) is 2.71. The van der Waals surface area contributed by atoms with Crippen LogP contribution in [0.2, 0.25) is 0 Å². The van der Waals surface area contributed by atoms with E-state index in [1.807, 2.05) is 0 Å². The van der Waals surface area contributed by atoms with Gasteiger partial charge in [-0.3, -0.25) is 4.79 Å². The van der Waals surface area contributed by atoms with E-state index in [0.29, 0.717) is 19.6 Å². The van der Waals surface area contributed by atoms with Crippen molar-refractivity contribution in [2.24, 2.45) is 0 Å². The van der Waals surface area contributed by atoms with Crippen LogP contribution >= 0.6 is 0 Å². The van der Waals surface area contributed by atoms with Gasteiger partial charge in [-0.25, -0.2) is 4.39 Å². The van der Waals surface area contributed by atoms with Crippen LogP contribution < -0.4 is 10.1 Å². The average molecular weight is 253 g/mol. The number of benzene rings is 1. The lowest BCUT2D eigenvalue weighted by molar-refractivity contribution is -0.142. The lowest BCUT2D eigenvalue weighted by Crippen LogP contribution is -2.34. The van der Waals surface area contributed by atoms with E-state index in [0.717, 1.165) is 11.3 Å². The minimum atomic E-state index is -0.279. The molecular formula is C13H16FNO3. The summed E-state index contributed by atoms with van der Waals surface area (Å²) in [5.41, 5.74) is 0.873. The molecule has 18 heavy (non-hydrogen) atoms. The minimum absolute atomic E-state index is 0.0590. The Morgan fingerprint density at radius 2 is 2.44 bits per heavy atom. The summed E-state index contributed by atoms with van der Waals surface area (Å²) in [5, 5.41) is 2.97. The maximum atomic E-state index is 13.0. The van der Waals surface area contributed by atoms with Crippen molar-refractivity contribution in [3.8, 4) is 5.75 Å². The molecule has 0 saturated heterocycles. The van der Waals surface area contributed by atoms with E-state index in [1.165, 1.54) is 12.1 Å². The number of rotatable bonds is 5. The summed E-state index contributed by atoms with van der Waals surface area (Å²) < 4.78 is 23.4. The monoisotopic (exact) mass is 253 g/mol. The van der Waals surface area contributed by atoms with Crippen LogP contribution in [-0.4, -0.2) is 31.8 Å². The van der Waals surface area contributed by atoms with Crippen molar-refractivity contribution in [2.45, 2.75) is 19.4 Å². The van der Waals surface area contributed by atoms with Gasteiger partial charge >= 0.3 is 5.97 Å². The van der Waals surface area contributed by atoms with Gasteiger partial charge in [0.2, 0.25) is 0 Å². The Hall–Kier alpha value is -1.62. The standard InChI is InChI=1S/C13H16FNO3/c1-2-17-13(16)8-15-7-11-6-9-5-10(14)3-4-12(9)18-11/h3-5,11,15H,2,6-8H2,1H3. The predicted molar refractivity (Wildman–Crippen MR) is 64.0 cm³/mol. The van der Waals surface area contributed by atoms with Gasteiger partial charge in [0.1, 0.15) is 17.7 Å². The van der Waals surface area contributed by atoms with E-state index < -0.39 is 0 Å². The van der Waals surface area contributed by atoms with E-state index >= 15 is 0 Å². The maximum absolute atomic E-state index is 13.0. The van der Waals surface area contributed by atoms with Crippen molar-refractivity contribution < 1.29 is 18.7 Å². The number of ether oxygens (including phenoxy) is 2. The molecule has 0 radical (unpaired) electrons. The quantitative estimate of drug-likeness (QED) is 0.803. The molecule has 0 fully saturated rings. The summed E-state index contributed by atoms with van der Waals surface area (Å²) in [4.78, 5) is 11.1. The van der Waals surface area contributed by atoms with Gasteiger partial charge in [-0.15, -0.1) is 0 Å². The fraction of sp³-hybridized carbons (Fsp3) is 0.462. The van der Waals surface area contributed by atoms with Crippen molar-refractivity contribution in [3.05, 3.63) is 29.6 Å². The smallest absolute Gasteiger partial charge is 0.319 e. The number of hydrogen-bond acceptors (Lipinski definition) is 4. The molecule has 1 atom stereocenters.